The summed E-state index contributed by atoms with van der Waals surface area (Å²) >= 11 is 3.53. The van der Waals surface area contributed by atoms with Crippen molar-refractivity contribution in [3.8, 4) is 0 Å². The standard InChI is InChI=1S/C17H24BrN3/c1-5-13(3)21-9-8-15(20-21)11-17(19-4)16-7-6-14(18)10-12(16)2/h6-10,13,17,19H,5,11H2,1-4H3. The van der Waals surface area contributed by atoms with Gasteiger partial charge in [0.05, 0.1) is 5.69 Å². The first-order valence-electron chi connectivity index (χ1n) is 7.52. The predicted molar refractivity (Wildman–Crippen MR) is 91.6 cm³/mol. The predicted octanol–water partition coefficient (Wildman–Crippen LogP) is 4.43. The third-order valence-electron chi connectivity index (χ3n) is 4.07. The van der Waals surface area contributed by atoms with E-state index in [1.54, 1.807) is 0 Å². The molecule has 0 saturated carbocycles. The highest BCUT2D eigenvalue weighted by atomic mass is 79.9. The number of aryl methyl sites for hydroxylation is 1. The first-order chi connectivity index (χ1) is 10.0. The second-order valence-electron chi connectivity index (χ2n) is 5.59. The van der Waals surface area contributed by atoms with Gasteiger partial charge in [-0.25, -0.2) is 0 Å². The van der Waals surface area contributed by atoms with Crippen LogP contribution in [-0.2, 0) is 6.42 Å². The van der Waals surface area contributed by atoms with E-state index in [4.69, 9.17) is 5.10 Å². The van der Waals surface area contributed by atoms with Gasteiger partial charge in [-0.15, -0.1) is 0 Å². The van der Waals surface area contributed by atoms with E-state index < -0.39 is 0 Å². The number of benzene rings is 1. The molecule has 0 spiro atoms. The number of hydrogen-bond acceptors (Lipinski definition) is 2. The lowest BCUT2D eigenvalue weighted by atomic mass is 9.98. The number of likely N-dealkylation sites (N-methyl/N-ethyl adjacent to an activating group) is 1. The Kier molecular flexibility index (Phi) is 5.59. The minimum Gasteiger partial charge on any atom is -0.313 e. The average molecular weight is 350 g/mol. The van der Waals surface area contributed by atoms with Crippen LogP contribution in [0.5, 0.6) is 0 Å². The van der Waals surface area contributed by atoms with E-state index in [1.807, 2.05) is 7.05 Å². The fourth-order valence-electron chi connectivity index (χ4n) is 2.53. The summed E-state index contributed by atoms with van der Waals surface area (Å²) in [4.78, 5) is 0. The topological polar surface area (TPSA) is 29.9 Å². The van der Waals surface area contributed by atoms with E-state index in [1.165, 1.54) is 11.1 Å². The zero-order valence-corrected chi connectivity index (χ0v) is 14.8. The molecule has 21 heavy (non-hydrogen) atoms. The smallest absolute Gasteiger partial charge is 0.0643 e. The first kappa shape index (κ1) is 16.2. The molecule has 0 aliphatic heterocycles. The zero-order valence-electron chi connectivity index (χ0n) is 13.2. The summed E-state index contributed by atoms with van der Waals surface area (Å²) < 4.78 is 3.19. The molecule has 1 aromatic heterocycles. The maximum Gasteiger partial charge on any atom is 0.0643 e. The van der Waals surface area contributed by atoms with E-state index in [2.05, 4.69) is 77.2 Å². The molecule has 2 rings (SSSR count). The third kappa shape index (κ3) is 3.95. The van der Waals surface area contributed by atoms with Crippen molar-refractivity contribution in [2.75, 3.05) is 7.05 Å². The Morgan fingerprint density at radius 1 is 1.33 bits per heavy atom. The van der Waals surface area contributed by atoms with Gasteiger partial charge in [-0.1, -0.05) is 28.9 Å². The molecule has 3 nitrogen and oxygen atoms in total. The summed E-state index contributed by atoms with van der Waals surface area (Å²) in [7, 11) is 2.01. The lowest BCUT2D eigenvalue weighted by Crippen LogP contribution is -2.20. The summed E-state index contributed by atoms with van der Waals surface area (Å²) in [5, 5.41) is 8.12. The van der Waals surface area contributed by atoms with Gasteiger partial charge in [-0.05, 0) is 56.6 Å². The Morgan fingerprint density at radius 3 is 2.71 bits per heavy atom. The van der Waals surface area contributed by atoms with E-state index in [9.17, 15) is 0 Å². The highest BCUT2D eigenvalue weighted by Crippen LogP contribution is 2.24. The van der Waals surface area contributed by atoms with Crippen molar-refractivity contribution in [1.29, 1.82) is 0 Å². The van der Waals surface area contributed by atoms with E-state index in [-0.39, 0.29) is 0 Å². The van der Waals surface area contributed by atoms with Gasteiger partial charge in [-0.2, -0.15) is 5.10 Å². The van der Waals surface area contributed by atoms with Crippen LogP contribution in [0.3, 0.4) is 0 Å². The van der Waals surface area contributed by atoms with Crippen LogP contribution in [0.2, 0.25) is 0 Å². The highest BCUT2D eigenvalue weighted by molar-refractivity contribution is 9.10. The minimum atomic E-state index is 0.290. The van der Waals surface area contributed by atoms with Gasteiger partial charge >= 0.3 is 0 Å². The van der Waals surface area contributed by atoms with Gasteiger partial charge in [0.1, 0.15) is 0 Å². The van der Waals surface area contributed by atoms with Crippen LogP contribution < -0.4 is 5.32 Å². The second-order valence-corrected chi connectivity index (χ2v) is 6.51. The van der Waals surface area contributed by atoms with Crippen LogP contribution in [0.1, 0.15) is 49.2 Å². The van der Waals surface area contributed by atoms with Crippen LogP contribution >= 0.6 is 15.9 Å². The molecule has 0 aliphatic rings. The largest absolute Gasteiger partial charge is 0.313 e. The van der Waals surface area contributed by atoms with E-state index in [0.717, 1.165) is 23.0 Å². The Morgan fingerprint density at radius 2 is 2.10 bits per heavy atom. The van der Waals surface area contributed by atoms with Gasteiger partial charge in [-0.3, -0.25) is 4.68 Å². The zero-order chi connectivity index (χ0) is 15.4. The Balaban J connectivity index is 2.17. The van der Waals surface area contributed by atoms with Crippen LogP contribution in [0.25, 0.3) is 0 Å². The van der Waals surface area contributed by atoms with Gasteiger partial charge in [0, 0.05) is 29.2 Å². The highest BCUT2D eigenvalue weighted by Gasteiger charge is 2.15. The van der Waals surface area contributed by atoms with Crippen molar-refractivity contribution in [1.82, 2.24) is 15.1 Å². The number of nitrogens with zero attached hydrogens (tertiary/aromatic N) is 2. The molecule has 1 N–H and O–H groups in total. The van der Waals surface area contributed by atoms with Gasteiger partial charge in [0.25, 0.3) is 0 Å². The number of nitrogens with one attached hydrogen (secondary N) is 1. The Labute approximate surface area is 135 Å². The van der Waals surface area contributed by atoms with Crippen molar-refractivity contribution in [3.05, 3.63) is 51.8 Å². The summed E-state index contributed by atoms with van der Waals surface area (Å²) in [5.41, 5.74) is 3.76. The van der Waals surface area contributed by atoms with E-state index >= 15 is 0 Å². The molecular weight excluding hydrogens is 326 g/mol. The van der Waals surface area contributed by atoms with Crippen molar-refractivity contribution in [2.45, 2.75) is 45.7 Å². The van der Waals surface area contributed by atoms with Crippen LogP contribution in [0, 0.1) is 6.92 Å². The van der Waals surface area contributed by atoms with Crippen LogP contribution in [0.15, 0.2) is 34.9 Å². The van der Waals surface area contributed by atoms with Crippen molar-refractivity contribution in [3.63, 3.8) is 0 Å². The molecule has 2 atom stereocenters. The number of aromatic nitrogens is 2. The van der Waals surface area contributed by atoms with Crippen LogP contribution in [-0.4, -0.2) is 16.8 Å². The lowest BCUT2D eigenvalue weighted by Gasteiger charge is -2.18. The SMILES string of the molecule is CCC(C)n1ccc(CC(NC)c2ccc(Br)cc2C)n1. The summed E-state index contributed by atoms with van der Waals surface area (Å²) in [6.45, 7) is 6.54. The monoisotopic (exact) mass is 349 g/mol. The van der Waals surface area contributed by atoms with Crippen molar-refractivity contribution >= 4 is 15.9 Å². The maximum atomic E-state index is 4.71. The number of hydrogen-bond donors (Lipinski definition) is 1. The molecule has 0 bridgehead atoms. The molecule has 114 valence electrons. The van der Waals surface area contributed by atoms with E-state index in [0.29, 0.717) is 12.1 Å². The molecule has 0 amide bonds. The lowest BCUT2D eigenvalue weighted by molar-refractivity contribution is 0.469. The molecule has 2 aromatic rings. The average Bonchev–Trinajstić information content (AvgIpc) is 2.93. The molecule has 4 heteroatoms. The maximum absolute atomic E-state index is 4.71. The minimum absolute atomic E-state index is 0.290. The molecule has 0 aliphatic carbocycles. The molecule has 1 aromatic carbocycles. The quantitative estimate of drug-likeness (QED) is 0.835. The third-order valence-corrected chi connectivity index (χ3v) is 4.57. The molecule has 2 unspecified atom stereocenters. The fraction of sp³-hybridized carbons (Fsp3) is 0.471. The first-order valence-corrected chi connectivity index (χ1v) is 8.31. The number of rotatable bonds is 6. The molecule has 1 heterocycles. The van der Waals surface area contributed by atoms with Gasteiger partial charge in [0.2, 0.25) is 0 Å². The van der Waals surface area contributed by atoms with Gasteiger partial charge < -0.3 is 5.32 Å². The summed E-state index contributed by atoms with van der Waals surface area (Å²) in [5.74, 6) is 0. The van der Waals surface area contributed by atoms with Crippen molar-refractivity contribution in [2.24, 2.45) is 0 Å². The molecule has 0 saturated heterocycles. The molecule has 0 radical (unpaired) electrons. The number of halogens is 1. The van der Waals surface area contributed by atoms with Crippen LogP contribution in [0.4, 0.5) is 0 Å². The Hall–Kier alpha value is -1.13. The molecular formula is C17H24BrN3. The normalized spacial score (nSPS) is 14.1. The van der Waals surface area contributed by atoms with Gasteiger partial charge in [0.15, 0.2) is 0 Å². The fourth-order valence-corrected chi connectivity index (χ4v) is 3.00. The molecule has 0 fully saturated rings. The summed E-state index contributed by atoms with van der Waals surface area (Å²) in [6, 6.07) is 9.33. The summed E-state index contributed by atoms with van der Waals surface area (Å²) in [6.07, 6.45) is 4.09. The Bertz CT molecular complexity index is 591. The van der Waals surface area contributed by atoms with Crippen molar-refractivity contribution < 1.29 is 0 Å². The second kappa shape index (κ2) is 7.23.